The molecule has 1 aliphatic rings. The Morgan fingerprint density at radius 2 is 1.62 bits per heavy atom. The van der Waals surface area contributed by atoms with Gasteiger partial charge >= 0.3 is 0 Å². The molecule has 0 amide bonds. The van der Waals surface area contributed by atoms with Crippen molar-refractivity contribution in [3.8, 4) is 5.75 Å². The Kier molecular flexibility index (Phi) is 6.45. The number of Topliss-reactive ketones (excluding diaryl/α,β-unsaturated/α-hetero) is 1. The Hall–Kier alpha value is -2.13. The SMILES string of the molecule is CC(C)Oc1ccc(C(=O)[C@@H](CN2CCCCC2)c2ccccc2)cc1. The van der Waals surface area contributed by atoms with Crippen molar-refractivity contribution in [1.82, 2.24) is 4.90 Å². The van der Waals surface area contributed by atoms with Crippen molar-refractivity contribution in [2.45, 2.75) is 45.1 Å². The van der Waals surface area contributed by atoms with Gasteiger partial charge in [0.05, 0.1) is 12.0 Å². The lowest BCUT2D eigenvalue weighted by molar-refractivity contribution is 0.0925. The second-order valence-electron chi connectivity index (χ2n) is 7.38. The van der Waals surface area contributed by atoms with Crippen molar-refractivity contribution in [3.63, 3.8) is 0 Å². The van der Waals surface area contributed by atoms with Crippen LogP contribution in [0.1, 0.15) is 54.9 Å². The van der Waals surface area contributed by atoms with Gasteiger partial charge in [0.15, 0.2) is 5.78 Å². The molecular formula is C23H29NO2. The molecule has 1 heterocycles. The summed E-state index contributed by atoms with van der Waals surface area (Å²) in [6.45, 7) is 6.99. The average Bonchev–Trinajstić information content (AvgIpc) is 2.67. The van der Waals surface area contributed by atoms with Crippen LogP contribution in [0.4, 0.5) is 0 Å². The fourth-order valence-electron chi connectivity index (χ4n) is 3.60. The molecule has 0 unspecified atom stereocenters. The van der Waals surface area contributed by atoms with Crippen LogP contribution in [0, 0.1) is 0 Å². The molecule has 0 spiro atoms. The molecule has 0 radical (unpaired) electrons. The fraction of sp³-hybridized carbons (Fsp3) is 0.435. The third kappa shape index (κ3) is 4.95. The molecule has 0 aromatic heterocycles. The number of carbonyl (C=O) groups is 1. The van der Waals surface area contributed by atoms with E-state index in [0.29, 0.717) is 0 Å². The van der Waals surface area contributed by atoms with E-state index in [1.807, 2.05) is 56.3 Å². The Morgan fingerprint density at radius 1 is 0.962 bits per heavy atom. The number of nitrogens with zero attached hydrogens (tertiary/aromatic N) is 1. The van der Waals surface area contributed by atoms with E-state index >= 15 is 0 Å². The second-order valence-corrected chi connectivity index (χ2v) is 7.38. The summed E-state index contributed by atoms with van der Waals surface area (Å²) in [7, 11) is 0. The highest BCUT2D eigenvalue weighted by Gasteiger charge is 2.25. The van der Waals surface area contributed by atoms with Crippen LogP contribution in [0.25, 0.3) is 0 Å². The van der Waals surface area contributed by atoms with Gasteiger partial charge < -0.3 is 9.64 Å². The lowest BCUT2D eigenvalue weighted by Gasteiger charge is -2.30. The van der Waals surface area contributed by atoms with E-state index in [4.69, 9.17) is 4.74 Å². The van der Waals surface area contributed by atoms with Crippen LogP contribution in [0.15, 0.2) is 54.6 Å². The summed E-state index contributed by atoms with van der Waals surface area (Å²) in [6, 6.07) is 17.8. The molecule has 1 atom stereocenters. The summed E-state index contributed by atoms with van der Waals surface area (Å²) in [5, 5.41) is 0. The summed E-state index contributed by atoms with van der Waals surface area (Å²) < 4.78 is 5.70. The van der Waals surface area contributed by atoms with Crippen LogP contribution in [0.5, 0.6) is 5.75 Å². The van der Waals surface area contributed by atoms with Crippen LogP contribution in [-0.2, 0) is 0 Å². The predicted octanol–water partition coefficient (Wildman–Crippen LogP) is 4.93. The van der Waals surface area contributed by atoms with Crippen molar-refractivity contribution >= 4 is 5.78 Å². The number of piperidine rings is 1. The number of hydrogen-bond acceptors (Lipinski definition) is 3. The highest BCUT2D eigenvalue weighted by atomic mass is 16.5. The van der Waals surface area contributed by atoms with Gasteiger partial charge in [-0.25, -0.2) is 0 Å². The van der Waals surface area contributed by atoms with E-state index in [2.05, 4.69) is 17.0 Å². The summed E-state index contributed by atoms with van der Waals surface area (Å²) >= 11 is 0. The molecule has 3 nitrogen and oxygen atoms in total. The molecule has 26 heavy (non-hydrogen) atoms. The molecule has 2 aromatic rings. The number of rotatable bonds is 7. The Bertz CT molecular complexity index is 688. The van der Waals surface area contributed by atoms with E-state index in [-0.39, 0.29) is 17.8 Å². The first-order chi connectivity index (χ1) is 12.6. The monoisotopic (exact) mass is 351 g/mol. The van der Waals surface area contributed by atoms with Crippen molar-refractivity contribution < 1.29 is 9.53 Å². The van der Waals surface area contributed by atoms with Crippen LogP contribution in [0.2, 0.25) is 0 Å². The first kappa shape index (κ1) is 18.7. The maximum atomic E-state index is 13.3. The van der Waals surface area contributed by atoms with Gasteiger partial charge in [0, 0.05) is 12.1 Å². The normalized spacial score (nSPS) is 16.4. The molecule has 138 valence electrons. The highest BCUT2D eigenvalue weighted by Crippen LogP contribution is 2.25. The van der Waals surface area contributed by atoms with Gasteiger partial charge in [-0.15, -0.1) is 0 Å². The first-order valence-corrected chi connectivity index (χ1v) is 9.71. The molecular weight excluding hydrogens is 322 g/mol. The lowest BCUT2D eigenvalue weighted by Crippen LogP contribution is -2.35. The van der Waals surface area contributed by atoms with Crippen LogP contribution >= 0.6 is 0 Å². The molecule has 1 saturated heterocycles. The zero-order chi connectivity index (χ0) is 18.4. The molecule has 1 aliphatic heterocycles. The van der Waals surface area contributed by atoms with Gasteiger partial charge in [-0.05, 0) is 69.6 Å². The van der Waals surface area contributed by atoms with Gasteiger partial charge in [-0.1, -0.05) is 36.8 Å². The largest absolute Gasteiger partial charge is 0.491 e. The van der Waals surface area contributed by atoms with E-state index in [0.717, 1.165) is 36.5 Å². The summed E-state index contributed by atoms with van der Waals surface area (Å²) in [4.78, 5) is 15.7. The number of hydrogen-bond donors (Lipinski definition) is 0. The molecule has 3 rings (SSSR count). The predicted molar refractivity (Wildman–Crippen MR) is 106 cm³/mol. The Labute approximate surface area is 157 Å². The summed E-state index contributed by atoms with van der Waals surface area (Å²) in [5.74, 6) is 0.882. The Balaban J connectivity index is 1.79. The lowest BCUT2D eigenvalue weighted by atomic mass is 9.89. The zero-order valence-electron chi connectivity index (χ0n) is 15.9. The molecule has 3 heteroatoms. The van der Waals surface area contributed by atoms with Crippen molar-refractivity contribution in [3.05, 3.63) is 65.7 Å². The quantitative estimate of drug-likeness (QED) is 0.663. The molecule has 2 aromatic carbocycles. The van der Waals surface area contributed by atoms with Crippen molar-refractivity contribution in [2.24, 2.45) is 0 Å². The minimum Gasteiger partial charge on any atom is -0.491 e. The van der Waals surface area contributed by atoms with Crippen molar-refractivity contribution in [2.75, 3.05) is 19.6 Å². The average molecular weight is 351 g/mol. The van der Waals surface area contributed by atoms with E-state index in [1.165, 1.54) is 19.3 Å². The van der Waals surface area contributed by atoms with Crippen LogP contribution in [0.3, 0.4) is 0 Å². The summed E-state index contributed by atoms with van der Waals surface area (Å²) in [6.07, 6.45) is 3.90. The van der Waals surface area contributed by atoms with Crippen molar-refractivity contribution in [1.29, 1.82) is 0 Å². The molecule has 0 saturated carbocycles. The smallest absolute Gasteiger partial charge is 0.171 e. The number of benzene rings is 2. The third-order valence-electron chi connectivity index (χ3n) is 4.92. The molecule has 1 fully saturated rings. The zero-order valence-corrected chi connectivity index (χ0v) is 15.9. The van der Waals surface area contributed by atoms with Crippen LogP contribution in [-0.4, -0.2) is 36.4 Å². The number of likely N-dealkylation sites (tertiary alicyclic amines) is 1. The standard InChI is InChI=1S/C23H29NO2/c1-18(2)26-21-13-11-20(12-14-21)23(25)22(19-9-5-3-6-10-19)17-24-15-7-4-8-16-24/h3,5-6,9-14,18,22H,4,7-8,15-17H2,1-2H3/t22-/m0/s1. The van der Waals surface area contributed by atoms with Gasteiger partial charge in [0.25, 0.3) is 0 Å². The molecule has 0 N–H and O–H groups in total. The number of carbonyl (C=O) groups excluding carboxylic acids is 1. The molecule has 0 bridgehead atoms. The van der Waals surface area contributed by atoms with Gasteiger partial charge in [0.1, 0.15) is 5.75 Å². The van der Waals surface area contributed by atoms with E-state index in [1.54, 1.807) is 0 Å². The highest BCUT2D eigenvalue weighted by molar-refractivity contribution is 6.01. The van der Waals surface area contributed by atoms with E-state index in [9.17, 15) is 4.79 Å². The van der Waals surface area contributed by atoms with E-state index < -0.39 is 0 Å². The first-order valence-electron chi connectivity index (χ1n) is 9.71. The van der Waals surface area contributed by atoms with Gasteiger partial charge in [-0.2, -0.15) is 0 Å². The third-order valence-corrected chi connectivity index (χ3v) is 4.92. The molecule has 0 aliphatic carbocycles. The maximum absolute atomic E-state index is 13.3. The maximum Gasteiger partial charge on any atom is 0.171 e. The summed E-state index contributed by atoms with van der Waals surface area (Å²) in [5.41, 5.74) is 1.86. The fourth-order valence-corrected chi connectivity index (χ4v) is 3.60. The Morgan fingerprint density at radius 3 is 2.23 bits per heavy atom. The van der Waals surface area contributed by atoms with Gasteiger partial charge in [-0.3, -0.25) is 4.79 Å². The minimum atomic E-state index is -0.119. The number of ketones is 1. The number of ether oxygens (including phenoxy) is 1. The second kappa shape index (κ2) is 9.00. The van der Waals surface area contributed by atoms with Crippen LogP contribution < -0.4 is 4.74 Å². The van der Waals surface area contributed by atoms with Gasteiger partial charge in [0.2, 0.25) is 0 Å². The topological polar surface area (TPSA) is 29.5 Å². The minimum absolute atomic E-state index is 0.119.